The van der Waals surface area contributed by atoms with Crippen LogP contribution >= 0.6 is 0 Å². The molecule has 1 unspecified atom stereocenters. The highest BCUT2D eigenvalue weighted by Gasteiger charge is 2.32. The molecule has 0 aliphatic carbocycles. The molecule has 0 radical (unpaired) electrons. The molecule has 1 fully saturated rings. The lowest BCUT2D eigenvalue weighted by Gasteiger charge is -2.37. The fourth-order valence-electron chi connectivity index (χ4n) is 4.89. The van der Waals surface area contributed by atoms with Crippen molar-refractivity contribution in [2.24, 2.45) is 5.92 Å². The van der Waals surface area contributed by atoms with Gasteiger partial charge in [-0.3, -0.25) is 9.59 Å². The molecule has 1 aliphatic rings. The predicted molar refractivity (Wildman–Crippen MR) is 130 cm³/mol. The number of nitrogens with zero attached hydrogens (tertiary/aromatic N) is 1. The Kier molecular flexibility index (Phi) is 7.56. The van der Waals surface area contributed by atoms with Gasteiger partial charge in [0.05, 0.1) is 0 Å². The van der Waals surface area contributed by atoms with Gasteiger partial charge in [-0.15, -0.1) is 0 Å². The number of aryl methyl sites for hydroxylation is 1. The van der Waals surface area contributed by atoms with Gasteiger partial charge in [-0.25, -0.2) is 0 Å². The van der Waals surface area contributed by atoms with Crippen LogP contribution in [0.4, 0.5) is 0 Å². The average molecular weight is 442 g/mol. The van der Waals surface area contributed by atoms with Crippen LogP contribution in [-0.4, -0.2) is 29.9 Å². The second-order valence-electron chi connectivity index (χ2n) is 8.78. The predicted octanol–water partition coefficient (Wildman–Crippen LogP) is 5.62. The molecule has 1 amide bonds. The number of piperidine rings is 1. The zero-order valence-electron chi connectivity index (χ0n) is 19.2. The number of benzene rings is 3. The molecule has 1 saturated heterocycles. The number of ether oxygens (including phenoxy) is 1. The molecule has 3 aromatic rings. The monoisotopic (exact) mass is 441 g/mol. The SMILES string of the molecule is CC(=O)Oc1cccc(CCCN2CC(C(c3ccccc3)c3ccccc3)CCC2=O)c1. The van der Waals surface area contributed by atoms with Crippen LogP contribution < -0.4 is 4.74 Å². The van der Waals surface area contributed by atoms with E-state index in [1.54, 1.807) is 6.07 Å². The highest BCUT2D eigenvalue weighted by Crippen LogP contribution is 2.37. The zero-order chi connectivity index (χ0) is 23.0. The van der Waals surface area contributed by atoms with E-state index >= 15 is 0 Å². The van der Waals surface area contributed by atoms with Crippen molar-refractivity contribution in [1.29, 1.82) is 0 Å². The summed E-state index contributed by atoms with van der Waals surface area (Å²) in [6.45, 7) is 2.92. The third-order valence-electron chi connectivity index (χ3n) is 6.38. The number of rotatable bonds is 8. The summed E-state index contributed by atoms with van der Waals surface area (Å²) in [5.41, 5.74) is 3.73. The normalized spacial score (nSPS) is 16.1. The van der Waals surface area contributed by atoms with Gasteiger partial charge in [0, 0.05) is 32.4 Å². The molecule has 0 N–H and O–H groups in total. The van der Waals surface area contributed by atoms with Crippen molar-refractivity contribution in [3.05, 3.63) is 102 Å². The number of likely N-dealkylation sites (tertiary alicyclic amines) is 1. The Morgan fingerprint density at radius 2 is 1.64 bits per heavy atom. The van der Waals surface area contributed by atoms with Crippen molar-refractivity contribution >= 4 is 11.9 Å². The van der Waals surface area contributed by atoms with Crippen LogP contribution in [-0.2, 0) is 16.0 Å². The Morgan fingerprint density at radius 3 is 2.27 bits per heavy atom. The molecule has 3 aromatic carbocycles. The quantitative estimate of drug-likeness (QED) is 0.337. The summed E-state index contributed by atoms with van der Waals surface area (Å²) in [4.78, 5) is 26.0. The van der Waals surface area contributed by atoms with Crippen LogP contribution in [0.1, 0.15) is 48.8 Å². The minimum Gasteiger partial charge on any atom is -0.427 e. The maximum absolute atomic E-state index is 12.7. The van der Waals surface area contributed by atoms with Crippen LogP contribution in [0.15, 0.2) is 84.9 Å². The molecule has 1 atom stereocenters. The van der Waals surface area contributed by atoms with Gasteiger partial charge >= 0.3 is 5.97 Å². The molecular weight excluding hydrogens is 410 g/mol. The number of amides is 1. The van der Waals surface area contributed by atoms with E-state index in [0.29, 0.717) is 18.1 Å². The van der Waals surface area contributed by atoms with Gasteiger partial charge in [0.2, 0.25) is 5.91 Å². The first-order valence-electron chi connectivity index (χ1n) is 11.7. The summed E-state index contributed by atoms with van der Waals surface area (Å²) >= 11 is 0. The summed E-state index contributed by atoms with van der Waals surface area (Å²) in [7, 11) is 0. The molecule has 33 heavy (non-hydrogen) atoms. The van der Waals surface area contributed by atoms with Crippen molar-refractivity contribution in [1.82, 2.24) is 4.90 Å². The summed E-state index contributed by atoms with van der Waals surface area (Å²) in [5, 5.41) is 0. The van der Waals surface area contributed by atoms with E-state index in [-0.39, 0.29) is 17.8 Å². The zero-order valence-corrected chi connectivity index (χ0v) is 19.2. The molecule has 4 rings (SSSR count). The topological polar surface area (TPSA) is 46.6 Å². The Morgan fingerprint density at radius 1 is 0.970 bits per heavy atom. The van der Waals surface area contributed by atoms with Gasteiger partial charge in [-0.1, -0.05) is 72.8 Å². The van der Waals surface area contributed by atoms with Crippen LogP contribution in [0.2, 0.25) is 0 Å². The lowest BCUT2D eigenvalue weighted by Crippen LogP contribution is -2.42. The lowest BCUT2D eigenvalue weighted by atomic mass is 9.77. The summed E-state index contributed by atoms with van der Waals surface area (Å²) in [6, 6.07) is 28.9. The van der Waals surface area contributed by atoms with Gasteiger partial charge in [0.15, 0.2) is 0 Å². The minimum absolute atomic E-state index is 0.250. The Bertz CT molecular complexity index is 1020. The van der Waals surface area contributed by atoms with Crippen molar-refractivity contribution < 1.29 is 14.3 Å². The maximum atomic E-state index is 12.7. The number of hydrogen-bond acceptors (Lipinski definition) is 3. The van der Waals surface area contributed by atoms with Crippen LogP contribution in [0.5, 0.6) is 5.75 Å². The van der Waals surface area contributed by atoms with Crippen LogP contribution in [0, 0.1) is 5.92 Å². The van der Waals surface area contributed by atoms with Gasteiger partial charge in [0.25, 0.3) is 0 Å². The molecule has 170 valence electrons. The first-order chi connectivity index (χ1) is 16.1. The molecule has 1 aliphatic heterocycles. The molecule has 0 bridgehead atoms. The minimum atomic E-state index is -0.316. The molecule has 0 saturated carbocycles. The number of carbonyl (C=O) groups is 2. The third-order valence-corrected chi connectivity index (χ3v) is 6.38. The molecule has 1 heterocycles. The third kappa shape index (κ3) is 6.10. The second-order valence-corrected chi connectivity index (χ2v) is 8.78. The number of hydrogen-bond donors (Lipinski definition) is 0. The molecule has 0 aromatic heterocycles. The van der Waals surface area contributed by atoms with Gasteiger partial charge in [0.1, 0.15) is 5.75 Å². The van der Waals surface area contributed by atoms with E-state index in [1.807, 2.05) is 23.1 Å². The van der Waals surface area contributed by atoms with Gasteiger partial charge < -0.3 is 9.64 Å². The largest absolute Gasteiger partial charge is 0.427 e. The molecule has 4 nitrogen and oxygen atoms in total. The van der Waals surface area contributed by atoms with Crippen LogP contribution in [0.3, 0.4) is 0 Å². The fourth-order valence-corrected chi connectivity index (χ4v) is 4.89. The first kappa shape index (κ1) is 22.8. The van der Waals surface area contributed by atoms with Gasteiger partial charge in [-0.05, 0) is 54.0 Å². The van der Waals surface area contributed by atoms with Crippen molar-refractivity contribution in [2.45, 2.75) is 38.5 Å². The molecular formula is C29H31NO3. The highest BCUT2D eigenvalue weighted by atomic mass is 16.5. The highest BCUT2D eigenvalue weighted by molar-refractivity contribution is 5.77. The lowest BCUT2D eigenvalue weighted by molar-refractivity contribution is -0.135. The van der Waals surface area contributed by atoms with E-state index in [0.717, 1.165) is 37.9 Å². The Labute approximate surface area is 196 Å². The van der Waals surface area contributed by atoms with Crippen molar-refractivity contribution in [3.8, 4) is 5.75 Å². The smallest absolute Gasteiger partial charge is 0.308 e. The second kappa shape index (κ2) is 11.0. The van der Waals surface area contributed by atoms with E-state index in [2.05, 4.69) is 60.7 Å². The van der Waals surface area contributed by atoms with Crippen LogP contribution in [0.25, 0.3) is 0 Å². The first-order valence-corrected chi connectivity index (χ1v) is 11.7. The maximum Gasteiger partial charge on any atom is 0.308 e. The summed E-state index contributed by atoms with van der Waals surface area (Å²) in [6.07, 6.45) is 3.23. The molecule has 0 spiro atoms. The number of carbonyl (C=O) groups excluding carboxylic acids is 2. The standard InChI is InChI=1S/C29H31NO3/c1-22(31)33-27-16-8-10-23(20-27)11-9-19-30-21-26(17-18-28(30)32)29(24-12-4-2-5-13-24)25-14-6-3-7-15-25/h2-8,10,12-16,20,26,29H,9,11,17-19,21H2,1H3. The van der Waals surface area contributed by atoms with E-state index in [1.165, 1.54) is 18.1 Å². The summed E-state index contributed by atoms with van der Waals surface area (Å²) in [5.74, 6) is 1.18. The number of esters is 1. The average Bonchev–Trinajstić information content (AvgIpc) is 2.82. The fraction of sp³-hybridized carbons (Fsp3) is 0.310. The Balaban J connectivity index is 1.43. The van der Waals surface area contributed by atoms with Crippen molar-refractivity contribution in [3.63, 3.8) is 0 Å². The van der Waals surface area contributed by atoms with E-state index in [4.69, 9.17) is 4.74 Å². The van der Waals surface area contributed by atoms with E-state index < -0.39 is 0 Å². The summed E-state index contributed by atoms with van der Waals surface area (Å²) < 4.78 is 5.19. The van der Waals surface area contributed by atoms with Crippen molar-refractivity contribution in [2.75, 3.05) is 13.1 Å². The van der Waals surface area contributed by atoms with E-state index in [9.17, 15) is 9.59 Å². The van der Waals surface area contributed by atoms with Gasteiger partial charge in [-0.2, -0.15) is 0 Å². The molecule has 4 heteroatoms. The Hall–Kier alpha value is -3.40.